The van der Waals surface area contributed by atoms with E-state index in [0.29, 0.717) is 11.3 Å². The van der Waals surface area contributed by atoms with Gasteiger partial charge in [-0.25, -0.2) is 0 Å². The van der Waals surface area contributed by atoms with Gasteiger partial charge in [0.05, 0.1) is 11.1 Å². The molecule has 0 N–H and O–H groups in total. The molecule has 0 amide bonds. The zero-order valence-electron chi connectivity index (χ0n) is 14.5. The van der Waals surface area contributed by atoms with Gasteiger partial charge >= 0.3 is 0 Å². The molecule has 0 spiro atoms. The number of rotatable bonds is 2. The highest BCUT2D eigenvalue weighted by atomic mass is 35.5. The molecule has 2 atom stereocenters. The van der Waals surface area contributed by atoms with Crippen LogP contribution in [0.2, 0.25) is 18.1 Å². The van der Waals surface area contributed by atoms with Gasteiger partial charge < -0.3 is 4.53 Å². The fourth-order valence-electron chi connectivity index (χ4n) is 2.18. The van der Waals surface area contributed by atoms with Crippen molar-refractivity contribution in [2.45, 2.75) is 84.3 Å². The molecule has 0 aliphatic heterocycles. The second-order valence-corrected chi connectivity index (χ2v) is 14.0. The molecule has 4 heteroatoms. The Labute approximate surface area is 131 Å². The lowest BCUT2D eigenvalue weighted by atomic mass is 9.72. The van der Waals surface area contributed by atoms with E-state index in [-0.39, 0.29) is 10.4 Å². The molecule has 118 valence electrons. The van der Waals surface area contributed by atoms with Gasteiger partial charge in [-0.15, -0.1) is 16.8 Å². The monoisotopic (exact) mass is 317 g/mol. The van der Waals surface area contributed by atoms with Crippen molar-refractivity contribution < 1.29 is 4.53 Å². The summed E-state index contributed by atoms with van der Waals surface area (Å²) in [5, 5.41) is 4.69. The van der Waals surface area contributed by atoms with Crippen LogP contribution in [0.5, 0.6) is 0 Å². The molecule has 0 aromatic heterocycles. The van der Waals surface area contributed by atoms with Crippen LogP contribution >= 0.6 is 11.6 Å². The van der Waals surface area contributed by atoms with E-state index in [0.717, 1.165) is 18.6 Å². The maximum absolute atomic E-state index is 6.53. The lowest BCUT2D eigenvalue weighted by Crippen LogP contribution is -2.40. The molecular weight excluding hydrogens is 286 g/mol. The van der Waals surface area contributed by atoms with Crippen LogP contribution in [0.15, 0.2) is 5.16 Å². The third-order valence-corrected chi connectivity index (χ3v) is 9.61. The first kappa shape index (κ1) is 18.0. The van der Waals surface area contributed by atoms with E-state index >= 15 is 0 Å². The third-order valence-electron chi connectivity index (χ3n) is 5.02. The molecule has 1 saturated carbocycles. The van der Waals surface area contributed by atoms with E-state index in [9.17, 15) is 0 Å². The van der Waals surface area contributed by atoms with Gasteiger partial charge in [0.15, 0.2) is 0 Å². The van der Waals surface area contributed by atoms with Crippen molar-refractivity contribution in [3.8, 4) is 0 Å². The predicted octanol–water partition coefficient (Wildman–Crippen LogP) is 5.82. The molecule has 0 saturated heterocycles. The largest absolute Gasteiger partial charge is 0.455 e. The molecule has 1 fully saturated rings. The first-order chi connectivity index (χ1) is 8.84. The zero-order chi connectivity index (χ0) is 15.8. The Hall–Kier alpha value is -0.0231. The third kappa shape index (κ3) is 4.49. The zero-order valence-corrected chi connectivity index (χ0v) is 16.3. The topological polar surface area (TPSA) is 21.6 Å². The SMILES string of the molecule is CC(C)(C)[C@@H]1CC/C(=N/O[Si](C)(C)C(C)(C)C)[C@H](Cl)C1. The Bertz CT molecular complexity index is 366. The summed E-state index contributed by atoms with van der Waals surface area (Å²) in [6.45, 7) is 18.0. The van der Waals surface area contributed by atoms with Crippen LogP contribution in [-0.2, 0) is 4.53 Å². The second kappa shape index (κ2) is 6.00. The van der Waals surface area contributed by atoms with E-state index in [1.807, 2.05) is 0 Å². The van der Waals surface area contributed by atoms with Gasteiger partial charge in [-0.2, -0.15) is 0 Å². The summed E-state index contributed by atoms with van der Waals surface area (Å²) in [5.41, 5.74) is 1.39. The summed E-state index contributed by atoms with van der Waals surface area (Å²) in [4.78, 5) is 0. The van der Waals surface area contributed by atoms with Crippen LogP contribution in [0.3, 0.4) is 0 Å². The van der Waals surface area contributed by atoms with Gasteiger partial charge in [-0.05, 0) is 48.7 Å². The van der Waals surface area contributed by atoms with Crippen LogP contribution in [0, 0.1) is 11.3 Å². The molecule has 0 bridgehead atoms. The standard InChI is InChI=1S/C16H32ClNOSi/c1-15(2,3)12-9-10-14(13(17)11-12)18-19-20(7,8)16(4,5)6/h12-13H,9-11H2,1-8H3/b18-14-/t12-,13-/m1/s1. The highest BCUT2D eigenvalue weighted by Crippen LogP contribution is 2.40. The van der Waals surface area contributed by atoms with Gasteiger partial charge in [0.2, 0.25) is 0 Å². The van der Waals surface area contributed by atoms with E-state index in [1.54, 1.807) is 0 Å². The summed E-state index contributed by atoms with van der Waals surface area (Å²) in [5.74, 6) is 0.678. The molecule has 0 heterocycles. The fraction of sp³-hybridized carbons (Fsp3) is 0.938. The van der Waals surface area contributed by atoms with Crippen molar-refractivity contribution >= 4 is 25.6 Å². The van der Waals surface area contributed by atoms with E-state index in [2.05, 4.69) is 59.8 Å². The molecule has 20 heavy (non-hydrogen) atoms. The summed E-state index contributed by atoms with van der Waals surface area (Å²) in [6.07, 6.45) is 3.17. The minimum Gasteiger partial charge on any atom is -0.455 e. The van der Waals surface area contributed by atoms with Crippen LogP contribution in [0.1, 0.15) is 60.8 Å². The van der Waals surface area contributed by atoms with Crippen molar-refractivity contribution in [1.29, 1.82) is 0 Å². The van der Waals surface area contributed by atoms with Gasteiger partial charge in [-0.1, -0.05) is 41.5 Å². The molecular formula is C16H32ClNOSi. The predicted molar refractivity (Wildman–Crippen MR) is 92.2 cm³/mol. The Kier molecular flexibility index (Phi) is 5.41. The number of oxime groups is 1. The van der Waals surface area contributed by atoms with Crippen LogP contribution < -0.4 is 0 Å². The summed E-state index contributed by atoms with van der Waals surface area (Å²) in [7, 11) is -1.82. The van der Waals surface area contributed by atoms with Crippen molar-refractivity contribution in [2.24, 2.45) is 16.5 Å². The molecule has 1 aliphatic carbocycles. The molecule has 2 nitrogen and oxygen atoms in total. The summed E-state index contributed by atoms with van der Waals surface area (Å²) in [6, 6.07) is 0. The minimum atomic E-state index is -1.82. The smallest absolute Gasteiger partial charge is 0.286 e. The normalized spacial score (nSPS) is 27.8. The van der Waals surface area contributed by atoms with Gasteiger partial charge in [0.25, 0.3) is 8.32 Å². The molecule has 1 rings (SSSR count). The van der Waals surface area contributed by atoms with Crippen LogP contribution in [0.25, 0.3) is 0 Å². The number of nitrogens with zero attached hydrogens (tertiary/aromatic N) is 1. The van der Waals surface area contributed by atoms with Gasteiger partial charge in [0, 0.05) is 0 Å². The van der Waals surface area contributed by atoms with Gasteiger partial charge in [0.1, 0.15) is 0 Å². The van der Waals surface area contributed by atoms with E-state index < -0.39 is 8.32 Å². The maximum atomic E-state index is 6.53. The Morgan fingerprint density at radius 3 is 2.10 bits per heavy atom. The van der Waals surface area contributed by atoms with Crippen molar-refractivity contribution in [1.82, 2.24) is 0 Å². The number of hydrogen-bond acceptors (Lipinski definition) is 2. The Balaban J connectivity index is 2.69. The van der Waals surface area contributed by atoms with Crippen molar-refractivity contribution in [3.63, 3.8) is 0 Å². The average Bonchev–Trinajstić information content (AvgIpc) is 2.24. The molecule has 1 aliphatic rings. The van der Waals surface area contributed by atoms with Crippen LogP contribution in [0.4, 0.5) is 0 Å². The first-order valence-corrected chi connectivity index (χ1v) is 11.1. The molecule has 0 radical (unpaired) electrons. The quantitative estimate of drug-likeness (QED) is 0.357. The number of halogens is 1. The lowest BCUT2D eigenvalue weighted by molar-refractivity contribution is 0.207. The Morgan fingerprint density at radius 2 is 1.70 bits per heavy atom. The summed E-state index contributed by atoms with van der Waals surface area (Å²) < 4.78 is 5.97. The summed E-state index contributed by atoms with van der Waals surface area (Å²) >= 11 is 6.53. The lowest BCUT2D eigenvalue weighted by Gasteiger charge is -2.37. The van der Waals surface area contributed by atoms with Crippen LogP contribution in [-0.4, -0.2) is 19.4 Å². The van der Waals surface area contributed by atoms with Crippen molar-refractivity contribution in [3.05, 3.63) is 0 Å². The highest BCUT2D eigenvalue weighted by molar-refractivity contribution is 6.74. The average molecular weight is 318 g/mol. The van der Waals surface area contributed by atoms with E-state index in [4.69, 9.17) is 16.1 Å². The first-order valence-electron chi connectivity index (χ1n) is 7.73. The van der Waals surface area contributed by atoms with Crippen molar-refractivity contribution in [2.75, 3.05) is 0 Å². The van der Waals surface area contributed by atoms with Gasteiger partial charge in [-0.3, -0.25) is 0 Å². The number of hydrogen-bond donors (Lipinski definition) is 0. The molecule has 0 aromatic carbocycles. The van der Waals surface area contributed by atoms with E-state index in [1.165, 1.54) is 6.42 Å². The molecule has 0 unspecified atom stereocenters. The fourth-order valence-corrected chi connectivity index (χ4v) is 3.16. The second-order valence-electron chi connectivity index (χ2n) is 8.74. The Morgan fingerprint density at radius 1 is 1.15 bits per heavy atom. The highest BCUT2D eigenvalue weighted by Gasteiger charge is 2.40. The number of alkyl halides is 1. The molecule has 0 aromatic rings. The minimum absolute atomic E-state index is 0.0396. The maximum Gasteiger partial charge on any atom is 0.286 e.